The van der Waals surface area contributed by atoms with Crippen LogP contribution < -0.4 is 5.32 Å². The van der Waals surface area contributed by atoms with Crippen molar-refractivity contribution in [3.8, 4) is 17.3 Å². The summed E-state index contributed by atoms with van der Waals surface area (Å²) in [5.41, 5.74) is 5.82. The summed E-state index contributed by atoms with van der Waals surface area (Å²) in [6.45, 7) is 1.77. The van der Waals surface area contributed by atoms with E-state index in [1.165, 1.54) is 11.1 Å². The van der Waals surface area contributed by atoms with Gasteiger partial charge in [0.1, 0.15) is 5.69 Å². The first-order chi connectivity index (χ1) is 16.2. The van der Waals surface area contributed by atoms with E-state index < -0.39 is 0 Å². The molecule has 0 saturated heterocycles. The van der Waals surface area contributed by atoms with Crippen LogP contribution in [0.4, 0.5) is 0 Å². The molecule has 0 aliphatic heterocycles. The van der Waals surface area contributed by atoms with E-state index in [-0.39, 0.29) is 11.9 Å². The van der Waals surface area contributed by atoms with Crippen LogP contribution in [0.15, 0.2) is 59.0 Å². The molecule has 2 heterocycles. The van der Waals surface area contributed by atoms with Crippen LogP contribution in [0.2, 0.25) is 0 Å². The minimum absolute atomic E-state index is 0.0465. The maximum absolute atomic E-state index is 13.2. The summed E-state index contributed by atoms with van der Waals surface area (Å²) in [6.07, 6.45) is 5.38. The van der Waals surface area contributed by atoms with Gasteiger partial charge in [-0.25, -0.2) is 4.68 Å². The van der Waals surface area contributed by atoms with Gasteiger partial charge in [-0.05, 0) is 67.5 Å². The fourth-order valence-electron chi connectivity index (χ4n) is 4.70. The van der Waals surface area contributed by atoms with Gasteiger partial charge in [0.2, 0.25) is 5.89 Å². The van der Waals surface area contributed by atoms with Crippen LogP contribution in [-0.2, 0) is 6.42 Å². The van der Waals surface area contributed by atoms with E-state index in [2.05, 4.69) is 33.7 Å². The third kappa shape index (κ3) is 3.84. The van der Waals surface area contributed by atoms with Gasteiger partial charge in [0.15, 0.2) is 0 Å². The number of amides is 1. The zero-order valence-electron chi connectivity index (χ0n) is 18.5. The predicted molar refractivity (Wildman–Crippen MR) is 123 cm³/mol. The van der Waals surface area contributed by atoms with Gasteiger partial charge in [-0.3, -0.25) is 4.79 Å². The number of carbonyl (C=O) groups is 1. The lowest BCUT2D eigenvalue weighted by molar-refractivity contribution is 0.0932. The van der Waals surface area contributed by atoms with Gasteiger partial charge in [-0.2, -0.15) is 5.10 Å². The molecular formula is C26H25N5O2. The number of fused-ring (bicyclic) bond motifs is 1. The van der Waals surface area contributed by atoms with E-state index >= 15 is 0 Å². The van der Waals surface area contributed by atoms with E-state index in [4.69, 9.17) is 9.52 Å². The molecule has 7 nitrogen and oxygen atoms in total. The second-order valence-electron chi connectivity index (χ2n) is 8.93. The lowest BCUT2D eigenvalue weighted by Gasteiger charge is -2.26. The molecule has 6 rings (SSSR count). The Morgan fingerprint density at radius 2 is 1.94 bits per heavy atom. The third-order valence-corrected chi connectivity index (χ3v) is 6.51. The van der Waals surface area contributed by atoms with Gasteiger partial charge in [0, 0.05) is 24.1 Å². The van der Waals surface area contributed by atoms with Crippen LogP contribution in [0, 0.1) is 6.92 Å². The van der Waals surface area contributed by atoms with Gasteiger partial charge in [-0.15, -0.1) is 10.2 Å². The van der Waals surface area contributed by atoms with Crippen LogP contribution in [0.3, 0.4) is 0 Å². The van der Waals surface area contributed by atoms with Gasteiger partial charge >= 0.3 is 0 Å². The van der Waals surface area contributed by atoms with Crippen molar-refractivity contribution in [3.63, 3.8) is 0 Å². The largest absolute Gasteiger partial charge is 0.420 e. The Kier molecular flexibility index (Phi) is 4.82. The van der Waals surface area contributed by atoms with E-state index in [0.717, 1.165) is 43.5 Å². The molecule has 2 aliphatic carbocycles. The summed E-state index contributed by atoms with van der Waals surface area (Å²) < 4.78 is 7.50. The first-order valence-electron chi connectivity index (χ1n) is 11.6. The number of carbonyl (C=O) groups excluding carboxylic acids is 1. The Hall–Kier alpha value is -3.74. The van der Waals surface area contributed by atoms with Gasteiger partial charge < -0.3 is 9.73 Å². The van der Waals surface area contributed by atoms with Gasteiger partial charge in [0.05, 0.1) is 11.7 Å². The van der Waals surface area contributed by atoms with Crippen LogP contribution in [0.25, 0.3) is 17.3 Å². The average molecular weight is 440 g/mol. The second kappa shape index (κ2) is 7.99. The van der Waals surface area contributed by atoms with Crippen LogP contribution >= 0.6 is 0 Å². The van der Waals surface area contributed by atoms with Gasteiger partial charge in [-0.1, -0.05) is 30.3 Å². The molecule has 2 aliphatic rings. The number of rotatable bonds is 5. The highest BCUT2D eigenvalue weighted by molar-refractivity contribution is 5.95. The summed E-state index contributed by atoms with van der Waals surface area (Å²) in [5.74, 6) is 1.33. The Labute approximate surface area is 191 Å². The average Bonchev–Trinajstić information content (AvgIpc) is 3.44. The lowest BCUT2D eigenvalue weighted by atomic mass is 9.87. The van der Waals surface area contributed by atoms with Crippen molar-refractivity contribution in [1.29, 1.82) is 0 Å². The van der Waals surface area contributed by atoms with Crippen molar-refractivity contribution in [2.24, 2.45) is 0 Å². The first kappa shape index (κ1) is 19.9. The smallest absolute Gasteiger partial charge is 0.268 e. The van der Waals surface area contributed by atoms with Crippen molar-refractivity contribution in [3.05, 3.63) is 82.9 Å². The van der Waals surface area contributed by atoms with Crippen molar-refractivity contribution in [2.45, 2.75) is 51.0 Å². The van der Waals surface area contributed by atoms with Crippen LogP contribution in [0.5, 0.6) is 0 Å². The van der Waals surface area contributed by atoms with E-state index in [9.17, 15) is 4.79 Å². The highest BCUT2D eigenvalue weighted by Gasteiger charge is 2.30. The van der Waals surface area contributed by atoms with Crippen molar-refractivity contribution < 1.29 is 9.21 Å². The molecule has 1 N–H and O–H groups in total. The monoisotopic (exact) mass is 439 g/mol. The number of hydrogen-bond acceptors (Lipinski definition) is 5. The summed E-state index contributed by atoms with van der Waals surface area (Å²) in [7, 11) is 0. The molecule has 2 aromatic carbocycles. The molecule has 1 saturated carbocycles. The Bertz CT molecular complexity index is 1330. The zero-order chi connectivity index (χ0) is 22.4. The fourth-order valence-corrected chi connectivity index (χ4v) is 4.70. The SMILES string of the molecule is Cc1nnc(-c2cc(C3CC3)n(-c3cccc(C(=O)NC4CCCc5ccccc54)c3)n2)o1. The summed E-state index contributed by atoms with van der Waals surface area (Å²) in [5, 5.41) is 16.1. The molecule has 1 amide bonds. The topological polar surface area (TPSA) is 85.8 Å². The number of benzene rings is 2. The van der Waals surface area contributed by atoms with E-state index in [1.807, 2.05) is 41.1 Å². The minimum atomic E-state index is -0.0635. The third-order valence-electron chi connectivity index (χ3n) is 6.51. The second-order valence-corrected chi connectivity index (χ2v) is 8.93. The lowest BCUT2D eigenvalue weighted by Crippen LogP contribution is -2.31. The predicted octanol–water partition coefficient (Wildman–Crippen LogP) is 4.92. The number of nitrogens with zero attached hydrogens (tertiary/aromatic N) is 4. The highest BCUT2D eigenvalue weighted by Crippen LogP contribution is 2.42. The minimum Gasteiger partial charge on any atom is -0.420 e. The maximum atomic E-state index is 13.2. The molecule has 33 heavy (non-hydrogen) atoms. The number of aryl methyl sites for hydroxylation is 2. The van der Waals surface area contributed by atoms with Crippen LogP contribution in [-0.4, -0.2) is 25.9 Å². The summed E-state index contributed by atoms with van der Waals surface area (Å²) in [4.78, 5) is 13.2. The Balaban J connectivity index is 1.30. The van der Waals surface area contributed by atoms with Crippen molar-refractivity contribution in [1.82, 2.24) is 25.3 Å². The Morgan fingerprint density at radius 1 is 1.06 bits per heavy atom. The molecule has 166 valence electrons. The number of aromatic nitrogens is 4. The molecule has 4 aromatic rings. The molecule has 1 unspecified atom stereocenters. The summed E-state index contributed by atoms with van der Waals surface area (Å²) >= 11 is 0. The van der Waals surface area contributed by atoms with Crippen LogP contribution in [0.1, 0.15) is 70.7 Å². The molecule has 7 heteroatoms. The van der Waals surface area contributed by atoms with Gasteiger partial charge in [0.25, 0.3) is 11.8 Å². The first-order valence-corrected chi connectivity index (χ1v) is 11.6. The molecule has 0 radical (unpaired) electrons. The zero-order valence-corrected chi connectivity index (χ0v) is 18.5. The quantitative estimate of drug-likeness (QED) is 0.477. The highest BCUT2D eigenvalue weighted by atomic mass is 16.4. The molecule has 0 spiro atoms. The molecule has 0 bridgehead atoms. The summed E-state index contributed by atoms with van der Waals surface area (Å²) in [6, 6.07) is 18.1. The van der Waals surface area contributed by atoms with E-state index in [1.54, 1.807) is 6.92 Å². The van der Waals surface area contributed by atoms with Crippen molar-refractivity contribution >= 4 is 5.91 Å². The number of hydrogen-bond donors (Lipinski definition) is 1. The standard InChI is InChI=1S/C26H25N5O2/c1-16-28-29-26(33-16)23-15-24(18-12-13-18)31(30-23)20-9-4-8-19(14-20)25(32)27-22-11-5-7-17-6-2-3-10-21(17)22/h2-4,6,8-10,14-15,18,22H,5,7,11-13H2,1H3,(H,27,32). The maximum Gasteiger partial charge on any atom is 0.268 e. The Morgan fingerprint density at radius 3 is 2.76 bits per heavy atom. The molecule has 1 atom stereocenters. The normalized spacial score (nSPS) is 17.5. The molecule has 2 aromatic heterocycles. The van der Waals surface area contributed by atoms with E-state index in [0.29, 0.717) is 29.0 Å². The molecular weight excluding hydrogens is 414 g/mol. The van der Waals surface area contributed by atoms with Crippen molar-refractivity contribution in [2.75, 3.05) is 0 Å². The number of nitrogens with one attached hydrogen (secondary N) is 1. The molecule has 1 fully saturated rings. The fraction of sp³-hybridized carbons (Fsp3) is 0.308.